The van der Waals surface area contributed by atoms with Crippen LogP contribution in [0.5, 0.6) is 5.75 Å². The molecule has 0 unspecified atom stereocenters. The Bertz CT molecular complexity index is 1400. The molecule has 1 heterocycles. The van der Waals surface area contributed by atoms with Crippen molar-refractivity contribution < 1.29 is 19.5 Å². The zero-order chi connectivity index (χ0) is 23.4. The fourth-order valence-corrected chi connectivity index (χ4v) is 3.26. The summed E-state index contributed by atoms with van der Waals surface area (Å²) < 4.78 is 1.13. The monoisotopic (exact) mass is 442 g/mol. The largest absolute Gasteiger partial charge is 0.505 e. The molecule has 4 aromatic rings. The first-order valence-corrected chi connectivity index (χ1v) is 9.80. The van der Waals surface area contributed by atoms with Crippen LogP contribution in [0.15, 0.2) is 77.1 Å². The van der Waals surface area contributed by atoms with E-state index in [4.69, 9.17) is 5.73 Å². The van der Waals surface area contributed by atoms with E-state index in [9.17, 15) is 19.5 Å². The second-order valence-electron chi connectivity index (χ2n) is 7.03. The third kappa shape index (κ3) is 4.44. The minimum Gasteiger partial charge on any atom is -0.505 e. The molecule has 33 heavy (non-hydrogen) atoms. The molecule has 4 N–H and O–H groups in total. The van der Waals surface area contributed by atoms with E-state index in [0.29, 0.717) is 22.7 Å². The number of carbonyl (C=O) groups is 3. The number of aldehydes is 1. The van der Waals surface area contributed by atoms with Gasteiger partial charge in [0.2, 0.25) is 5.91 Å². The quantitative estimate of drug-likeness (QED) is 0.294. The van der Waals surface area contributed by atoms with Gasteiger partial charge < -0.3 is 16.2 Å². The van der Waals surface area contributed by atoms with Crippen LogP contribution in [-0.2, 0) is 11.3 Å². The number of nitrogens with one attached hydrogen (secondary N) is 1. The Morgan fingerprint density at radius 3 is 2.55 bits per heavy atom. The minimum atomic E-state index is -0.681. The van der Waals surface area contributed by atoms with Crippen molar-refractivity contribution in [2.45, 2.75) is 6.54 Å². The van der Waals surface area contributed by atoms with Gasteiger partial charge in [0.05, 0.1) is 17.3 Å². The standard InChI is InChI=1S/C23H18N6O4/c24-19(31)12-29-22(15(13-30)11-25-29)28-27-20-17-9-5-4-6-14(17)10-18(21(20)32)23(33)26-16-7-2-1-3-8-16/h1-11,13,32H,12H2,(H2,24,31)(H,26,33). The summed E-state index contributed by atoms with van der Waals surface area (Å²) in [5, 5.41) is 26.9. The van der Waals surface area contributed by atoms with E-state index in [1.165, 1.54) is 6.20 Å². The van der Waals surface area contributed by atoms with Crippen LogP contribution >= 0.6 is 0 Å². The fraction of sp³-hybridized carbons (Fsp3) is 0.0435. The maximum atomic E-state index is 12.9. The number of phenols is 1. The summed E-state index contributed by atoms with van der Waals surface area (Å²) in [6.45, 7) is -0.311. The Morgan fingerprint density at radius 2 is 1.82 bits per heavy atom. The maximum Gasteiger partial charge on any atom is 0.259 e. The van der Waals surface area contributed by atoms with E-state index in [0.717, 1.165) is 4.68 Å². The number of amides is 2. The van der Waals surface area contributed by atoms with Crippen LogP contribution in [-0.4, -0.2) is 33.0 Å². The predicted octanol–water partition coefficient (Wildman–Crippen LogP) is 3.71. The van der Waals surface area contributed by atoms with E-state index in [2.05, 4.69) is 20.6 Å². The Kier molecular flexibility index (Phi) is 5.90. The Hall–Kier alpha value is -4.86. The molecule has 0 radical (unpaired) electrons. The zero-order valence-corrected chi connectivity index (χ0v) is 17.2. The summed E-state index contributed by atoms with van der Waals surface area (Å²) >= 11 is 0. The van der Waals surface area contributed by atoms with Gasteiger partial charge in [-0.15, -0.1) is 10.2 Å². The number of carbonyl (C=O) groups excluding carboxylic acids is 3. The van der Waals surface area contributed by atoms with Gasteiger partial charge in [-0.1, -0.05) is 42.5 Å². The first kappa shape index (κ1) is 21.4. The van der Waals surface area contributed by atoms with E-state index in [1.807, 2.05) is 6.07 Å². The van der Waals surface area contributed by atoms with Crippen molar-refractivity contribution in [3.8, 4) is 5.75 Å². The third-order valence-electron chi connectivity index (χ3n) is 4.79. The summed E-state index contributed by atoms with van der Waals surface area (Å²) in [5.41, 5.74) is 5.88. The Balaban J connectivity index is 1.80. The van der Waals surface area contributed by atoms with Crippen LogP contribution in [0.25, 0.3) is 10.8 Å². The number of anilines is 1. The first-order valence-electron chi connectivity index (χ1n) is 9.80. The van der Waals surface area contributed by atoms with Gasteiger partial charge in [-0.05, 0) is 23.6 Å². The van der Waals surface area contributed by atoms with Crippen molar-refractivity contribution in [2.24, 2.45) is 16.0 Å². The van der Waals surface area contributed by atoms with Gasteiger partial charge in [0.1, 0.15) is 12.2 Å². The highest BCUT2D eigenvalue weighted by molar-refractivity contribution is 6.11. The van der Waals surface area contributed by atoms with Crippen molar-refractivity contribution in [1.82, 2.24) is 9.78 Å². The molecule has 164 valence electrons. The van der Waals surface area contributed by atoms with Crippen LogP contribution in [0, 0.1) is 0 Å². The van der Waals surface area contributed by atoms with Crippen LogP contribution < -0.4 is 11.1 Å². The highest BCUT2D eigenvalue weighted by Gasteiger charge is 2.19. The average molecular weight is 442 g/mol. The number of nitrogens with zero attached hydrogens (tertiary/aromatic N) is 4. The maximum absolute atomic E-state index is 12.9. The third-order valence-corrected chi connectivity index (χ3v) is 4.79. The number of hydrogen-bond acceptors (Lipinski definition) is 7. The van der Waals surface area contributed by atoms with Gasteiger partial charge in [-0.25, -0.2) is 4.68 Å². The smallest absolute Gasteiger partial charge is 0.259 e. The molecule has 2 amide bonds. The number of azo groups is 1. The lowest BCUT2D eigenvalue weighted by atomic mass is 10.0. The predicted molar refractivity (Wildman–Crippen MR) is 121 cm³/mol. The summed E-state index contributed by atoms with van der Waals surface area (Å²) in [4.78, 5) is 35.6. The molecule has 10 heteroatoms. The lowest BCUT2D eigenvalue weighted by Crippen LogP contribution is -2.19. The van der Waals surface area contributed by atoms with Crippen molar-refractivity contribution in [2.75, 3.05) is 5.32 Å². The van der Waals surface area contributed by atoms with Crippen molar-refractivity contribution in [1.29, 1.82) is 0 Å². The number of primary amides is 1. The lowest BCUT2D eigenvalue weighted by molar-refractivity contribution is -0.118. The molecule has 0 fully saturated rings. The molecule has 0 atom stereocenters. The van der Waals surface area contributed by atoms with Crippen molar-refractivity contribution in [3.05, 3.63) is 78.0 Å². The summed E-state index contributed by atoms with van der Waals surface area (Å²) in [6, 6.07) is 17.4. The average Bonchev–Trinajstić information content (AvgIpc) is 3.19. The van der Waals surface area contributed by atoms with Gasteiger partial charge >= 0.3 is 0 Å². The molecule has 0 bridgehead atoms. The van der Waals surface area contributed by atoms with Gasteiger partial charge in [-0.3, -0.25) is 14.4 Å². The molecular formula is C23H18N6O4. The summed E-state index contributed by atoms with van der Waals surface area (Å²) in [5.74, 6) is -1.61. The van der Waals surface area contributed by atoms with Crippen molar-refractivity contribution >= 4 is 46.1 Å². The van der Waals surface area contributed by atoms with E-state index in [1.54, 1.807) is 54.6 Å². The highest BCUT2D eigenvalue weighted by Crippen LogP contribution is 2.39. The Morgan fingerprint density at radius 1 is 1.09 bits per heavy atom. The van der Waals surface area contributed by atoms with Gasteiger partial charge in [-0.2, -0.15) is 5.10 Å². The van der Waals surface area contributed by atoms with Gasteiger partial charge in [0.15, 0.2) is 17.9 Å². The van der Waals surface area contributed by atoms with Crippen LogP contribution in [0.3, 0.4) is 0 Å². The van der Waals surface area contributed by atoms with Gasteiger partial charge in [0.25, 0.3) is 5.91 Å². The Labute approximate surface area is 187 Å². The highest BCUT2D eigenvalue weighted by atomic mass is 16.3. The van der Waals surface area contributed by atoms with E-state index >= 15 is 0 Å². The molecule has 4 rings (SSSR count). The summed E-state index contributed by atoms with van der Waals surface area (Å²) in [6.07, 6.45) is 1.74. The molecular weight excluding hydrogens is 424 g/mol. The molecule has 0 saturated carbocycles. The molecule has 10 nitrogen and oxygen atoms in total. The molecule has 3 aromatic carbocycles. The van der Waals surface area contributed by atoms with E-state index < -0.39 is 11.8 Å². The van der Waals surface area contributed by atoms with Crippen molar-refractivity contribution in [3.63, 3.8) is 0 Å². The lowest BCUT2D eigenvalue weighted by Gasteiger charge is -2.11. The number of rotatable bonds is 7. The molecule has 0 aliphatic rings. The number of hydrogen-bond donors (Lipinski definition) is 3. The fourth-order valence-electron chi connectivity index (χ4n) is 3.26. The number of benzene rings is 3. The SMILES string of the molecule is NC(=O)Cn1ncc(C=O)c1N=Nc1c(O)c(C(=O)Nc2ccccc2)cc2ccccc12. The van der Waals surface area contributed by atoms with E-state index in [-0.39, 0.29) is 34.9 Å². The van der Waals surface area contributed by atoms with Crippen LogP contribution in [0.2, 0.25) is 0 Å². The minimum absolute atomic E-state index is 0.00671. The van der Waals surface area contributed by atoms with Crippen LogP contribution in [0.1, 0.15) is 20.7 Å². The number of aromatic hydroxyl groups is 1. The number of para-hydroxylation sites is 1. The normalized spacial score (nSPS) is 11.0. The molecule has 0 aliphatic carbocycles. The number of fused-ring (bicyclic) bond motifs is 1. The number of aromatic nitrogens is 2. The molecule has 0 saturated heterocycles. The number of phenolic OH excluding ortho intramolecular Hbond substituents is 1. The number of nitrogens with two attached hydrogens (primary N) is 1. The summed E-state index contributed by atoms with van der Waals surface area (Å²) in [7, 11) is 0. The second kappa shape index (κ2) is 9.10. The first-order chi connectivity index (χ1) is 16.0. The molecule has 0 spiro atoms. The second-order valence-corrected chi connectivity index (χ2v) is 7.03. The molecule has 0 aliphatic heterocycles. The molecule has 1 aromatic heterocycles. The zero-order valence-electron chi connectivity index (χ0n) is 17.2. The van der Waals surface area contributed by atoms with Crippen LogP contribution in [0.4, 0.5) is 17.2 Å². The van der Waals surface area contributed by atoms with Gasteiger partial charge in [0, 0.05) is 11.1 Å². The topological polar surface area (TPSA) is 152 Å².